The number of hydrogen-bond acceptors (Lipinski definition) is 4. The summed E-state index contributed by atoms with van der Waals surface area (Å²) in [6.45, 7) is 2.01. The van der Waals surface area contributed by atoms with Gasteiger partial charge in [0.15, 0.2) is 0 Å². The molecule has 2 rings (SSSR count). The number of nitriles is 2. The van der Waals surface area contributed by atoms with Crippen molar-refractivity contribution in [1.29, 1.82) is 10.5 Å². The molecule has 1 aromatic carbocycles. The molecule has 0 bridgehead atoms. The van der Waals surface area contributed by atoms with Gasteiger partial charge in [-0.15, -0.1) is 0 Å². The Hall–Kier alpha value is -2.46. The van der Waals surface area contributed by atoms with Crippen LogP contribution in [0, 0.1) is 22.7 Å². The maximum Gasteiger partial charge on any atom is 0.127 e. The number of nitrogens with zero attached hydrogens (tertiary/aromatic N) is 2. The molecule has 0 saturated heterocycles. The summed E-state index contributed by atoms with van der Waals surface area (Å²) in [7, 11) is 0. The van der Waals surface area contributed by atoms with Crippen LogP contribution in [0.5, 0.6) is 0 Å². The minimum Gasteiger partial charge on any atom is -0.379 e. The first-order valence-electron chi connectivity index (χ1n) is 5.38. The molecule has 0 aliphatic carbocycles. The van der Waals surface area contributed by atoms with Crippen LogP contribution in [0.15, 0.2) is 35.9 Å². The van der Waals surface area contributed by atoms with Gasteiger partial charge in [0.25, 0.3) is 0 Å². The van der Waals surface area contributed by atoms with Crippen LogP contribution in [-0.2, 0) is 0 Å². The molecule has 1 aliphatic rings. The Bertz CT molecular complexity index is 517. The van der Waals surface area contributed by atoms with Gasteiger partial charge in [0.05, 0.1) is 17.4 Å². The van der Waals surface area contributed by atoms with E-state index in [2.05, 4.69) is 10.6 Å². The second-order valence-electron chi connectivity index (χ2n) is 3.95. The fourth-order valence-electron chi connectivity index (χ4n) is 1.84. The number of allylic oxidation sites excluding steroid dienone is 1. The number of hydrogen-bond donors (Lipinski definition) is 2. The van der Waals surface area contributed by atoms with Crippen LogP contribution in [0.3, 0.4) is 0 Å². The zero-order valence-electron chi connectivity index (χ0n) is 9.44. The van der Waals surface area contributed by atoms with Crippen LogP contribution >= 0.6 is 0 Å². The lowest BCUT2D eigenvalue weighted by molar-refractivity contribution is 0.712. The lowest BCUT2D eigenvalue weighted by Gasteiger charge is -2.32. The van der Waals surface area contributed by atoms with E-state index in [0.29, 0.717) is 0 Å². The summed E-state index contributed by atoms with van der Waals surface area (Å²) in [6.07, 6.45) is 1.66. The molecule has 0 aromatic heterocycles. The third-order valence-electron chi connectivity index (χ3n) is 2.76. The van der Waals surface area contributed by atoms with Crippen LogP contribution in [0.2, 0.25) is 0 Å². The Labute approximate surface area is 100 Å². The van der Waals surface area contributed by atoms with Crippen molar-refractivity contribution in [2.45, 2.75) is 19.0 Å². The summed E-state index contributed by atoms with van der Waals surface area (Å²) < 4.78 is 0. The molecule has 1 aromatic rings. The van der Waals surface area contributed by atoms with Crippen LogP contribution < -0.4 is 10.6 Å². The van der Waals surface area contributed by atoms with Crippen molar-refractivity contribution < 1.29 is 0 Å². The van der Waals surface area contributed by atoms with E-state index in [1.807, 2.05) is 43.3 Å². The van der Waals surface area contributed by atoms with Gasteiger partial charge < -0.3 is 10.6 Å². The summed E-state index contributed by atoms with van der Waals surface area (Å²) in [5, 5.41) is 24.1. The number of benzene rings is 1. The van der Waals surface area contributed by atoms with Crippen molar-refractivity contribution in [1.82, 2.24) is 0 Å². The molecule has 4 nitrogen and oxygen atoms in total. The molecule has 17 heavy (non-hydrogen) atoms. The first-order valence-corrected chi connectivity index (χ1v) is 5.38. The van der Waals surface area contributed by atoms with E-state index in [9.17, 15) is 0 Å². The molecule has 2 atom stereocenters. The van der Waals surface area contributed by atoms with Crippen molar-refractivity contribution in [2.75, 3.05) is 10.6 Å². The zero-order chi connectivity index (χ0) is 12.3. The third-order valence-corrected chi connectivity index (χ3v) is 2.76. The zero-order valence-corrected chi connectivity index (χ0v) is 9.44. The van der Waals surface area contributed by atoms with E-state index < -0.39 is 0 Å². The van der Waals surface area contributed by atoms with Crippen LogP contribution in [0.25, 0.3) is 0 Å². The molecular formula is C13H12N4. The highest BCUT2D eigenvalue weighted by atomic mass is 15.1. The number of fused-ring (bicyclic) bond motifs is 1. The molecule has 0 fully saturated rings. The number of para-hydroxylation sites is 2. The Morgan fingerprint density at radius 2 is 1.76 bits per heavy atom. The van der Waals surface area contributed by atoms with Crippen LogP contribution in [-0.4, -0.2) is 12.1 Å². The minimum absolute atomic E-state index is 0.0563. The molecule has 0 spiro atoms. The highest BCUT2D eigenvalue weighted by molar-refractivity contribution is 5.72. The van der Waals surface area contributed by atoms with Crippen LogP contribution in [0.4, 0.5) is 11.4 Å². The van der Waals surface area contributed by atoms with E-state index in [0.717, 1.165) is 11.4 Å². The molecule has 0 radical (unpaired) electrons. The topological polar surface area (TPSA) is 71.6 Å². The van der Waals surface area contributed by atoms with E-state index >= 15 is 0 Å². The predicted octanol–water partition coefficient (Wildman–Crippen LogP) is 2.25. The second kappa shape index (κ2) is 4.59. The van der Waals surface area contributed by atoms with E-state index in [-0.39, 0.29) is 17.7 Å². The monoisotopic (exact) mass is 224 g/mol. The van der Waals surface area contributed by atoms with Crippen molar-refractivity contribution in [3.63, 3.8) is 0 Å². The van der Waals surface area contributed by atoms with Gasteiger partial charge >= 0.3 is 0 Å². The molecule has 84 valence electrons. The smallest absolute Gasteiger partial charge is 0.127 e. The summed E-state index contributed by atoms with van der Waals surface area (Å²) >= 11 is 0. The summed E-state index contributed by atoms with van der Waals surface area (Å²) in [5.41, 5.74) is 2.16. The summed E-state index contributed by atoms with van der Waals surface area (Å²) in [4.78, 5) is 0. The Morgan fingerprint density at radius 3 is 2.35 bits per heavy atom. The average Bonchev–Trinajstić information content (AvgIpc) is 2.36. The molecule has 2 N–H and O–H groups in total. The van der Waals surface area contributed by atoms with Gasteiger partial charge in [-0.25, -0.2) is 0 Å². The van der Waals surface area contributed by atoms with Crippen molar-refractivity contribution in [2.24, 2.45) is 0 Å². The molecule has 0 saturated carbocycles. The lowest BCUT2D eigenvalue weighted by atomic mass is 10.0. The average molecular weight is 224 g/mol. The van der Waals surface area contributed by atoms with Crippen molar-refractivity contribution in [3.8, 4) is 12.1 Å². The molecule has 1 aliphatic heterocycles. The standard InChI is InChI=1S/C13H12N4/c1-9-13(6-10(7-14)8-15)17-12-5-3-2-4-11(12)16-9/h2-6,9,13,16-17H,1H3. The van der Waals surface area contributed by atoms with Gasteiger partial charge in [-0.2, -0.15) is 10.5 Å². The Balaban J connectivity index is 2.28. The minimum atomic E-state index is -0.0563. The van der Waals surface area contributed by atoms with Gasteiger partial charge in [-0.1, -0.05) is 12.1 Å². The molecule has 1 heterocycles. The summed E-state index contributed by atoms with van der Waals surface area (Å²) in [5.74, 6) is 0. The Morgan fingerprint density at radius 1 is 1.18 bits per heavy atom. The first-order chi connectivity index (χ1) is 8.24. The largest absolute Gasteiger partial charge is 0.379 e. The van der Waals surface area contributed by atoms with Gasteiger partial charge in [0.2, 0.25) is 0 Å². The molecular weight excluding hydrogens is 212 g/mol. The molecule has 2 unspecified atom stereocenters. The van der Waals surface area contributed by atoms with E-state index in [1.165, 1.54) is 0 Å². The molecule has 0 amide bonds. The normalized spacial score (nSPS) is 20.9. The lowest BCUT2D eigenvalue weighted by Crippen LogP contribution is -2.39. The number of anilines is 2. The number of nitrogens with one attached hydrogen (secondary N) is 2. The molecule has 4 heteroatoms. The van der Waals surface area contributed by atoms with Crippen molar-refractivity contribution >= 4 is 11.4 Å². The maximum absolute atomic E-state index is 8.75. The summed E-state index contributed by atoms with van der Waals surface area (Å²) in [6, 6.07) is 11.7. The van der Waals surface area contributed by atoms with Gasteiger partial charge in [-0.3, -0.25) is 0 Å². The fraction of sp³-hybridized carbons (Fsp3) is 0.231. The van der Waals surface area contributed by atoms with E-state index in [4.69, 9.17) is 10.5 Å². The fourth-order valence-corrected chi connectivity index (χ4v) is 1.84. The quantitative estimate of drug-likeness (QED) is 0.718. The van der Waals surface area contributed by atoms with Crippen molar-refractivity contribution in [3.05, 3.63) is 35.9 Å². The second-order valence-corrected chi connectivity index (χ2v) is 3.95. The van der Waals surface area contributed by atoms with Crippen LogP contribution in [0.1, 0.15) is 6.92 Å². The highest BCUT2D eigenvalue weighted by Crippen LogP contribution is 2.28. The highest BCUT2D eigenvalue weighted by Gasteiger charge is 2.22. The predicted molar refractivity (Wildman–Crippen MR) is 66.2 cm³/mol. The number of rotatable bonds is 1. The first kappa shape index (κ1) is 11.0. The van der Waals surface area contributed by atoms with Gasteiger partial charge in [0, 0.05) is 6.04 Å². The maximum atomic E-state index is 8.75. The Kier molecular flexibility index (Phi) is 2.98. The third kappa shape index (κ3) is 2.21. The van der Waals surface area contributed by atoms with Gasteiger partial charge in [-0.05, 0) is 25.1 Å². The van der Waals surface area contributed by atoms with E-state index in [1.54, 1.807) is 6.08 Å². The van der Waals surface area contributed by atoms with Gasteiger partial charge in [0.1, 0.15) is 17.7 Å². The SMILES string of the molecule is CC1Nc2ccccc2NC1C=C(C#N)C#N.